The summed E-state index contributed by atoms with van der Waals surface area (Å²) in [6, 6.07) is 4.76. The number of aryl methyl sites for hydroxylation is 1. The SMILES string of the molecule is COC(C)(C)C(F)(F)c1cccc([C@@H](C)Nc2nc(C)nc3cnc(P4(=O)CCN(C(=O)OC(C)(C)C)CC4)cc23)c1F. The molecule has 0 aliphatic carbocycles. The zero-order chi connectivity index (χ0) is 32.0. The first-order valence-electron chi connectivity index (χ1n) is 14.1. The second kappa shape index (κ2) is 11.7. The van der Waals surface area contributed by atoms with Gasteiger partial charge < -0.3 is 24.3 Å². The fourth-order valence-electron chi connectivity index (χ4n) is 4.86. The van der Waals surface area contributed by atoms with Crippen molar-refractivity contribution in [1.82, 2.24) is 19.9 Å². The number of anilines is 1. The molecule has 0 spiro atoms. The van der Waals surface area contributed by atoms with Crippen LogP contribution >= 0.6 is 7.14 Å². The number of nitrogens with zero attached hydrogens (tertiary/aromatic N) is 4. The maximum atomic E-state index is 15.6. The molecule has 1 atom stereocenters. The minimum absolute atomic E-state index is 0.0186. The fraction of sp³-hybridized carbons (Fsp3) is 0.533. The number of amides is 1. The van der Waals surface area contributed by atoms with E-state index in [9.17, 15) is 9.36 Å². The molecular weight excluding hydrogens is 582 g/mol. The van der Waals surface area contributed by atoms with Gasteiger partial charge in [0, 0.05) is 43.5 Å². The Labute approximate surface area is 250 Å². The van der Waals surface area contributed by atoms with Gasteiger partial charge in [-0.15, -0.1) is 0 Å². The number of pyridine rings is 1. The van der Waals surface area contributed by atoms with Gasteiger partial charge in [-0.25, -0.2) is 19.2 Å². The van der Waals surface area contributed by atoms with Gasteiger partial charge >= 0.3 is 12.0 Å². The summed E-state index contributed by atoms with van der Waals surface area (Å²) >= 11 is 0. The smallest absolute Gasteiger partial charge is 0.410 e. The van der Waals surface area contributed by atoms with Gasteiger partial charge in [0.2, 0.25) is 0 Å². The van der Waals surface area contributed by atoms with Crippen molar-refractivity contribution in [1.29, 1.82) is 0 Å². The molecule has 1 fully saturated rings. The van der Waals surface area contributed by atoms with Gasteiger partial charge in [0.1, 0.15) is 41.2 Å². The number of nitrogens with one attached hydrogen (secondary N) is 1. The molecule has 1 aliphatic rings. The van der Waals surface area contributed by atoms with Gasteiger partial charge in [-0.05, 0) is 60.6 Å². The molecule has 0 unspecified atom stereocenters. The number of halogens is 3. The predicted molar refractivity (Wildman–Crippen MR) is 160 cm³/mol. The molecular formula is C30H39F3N5O4P. The molecule has 1 saturated heterocycles. The number of fused-ring (bicyclic) bond motifs is 1. The van der Waals surface area contributed by atoms with Crippen LogP contribution in [-0.2, 0) is 20.0 Å². The highest BCUT2D eigenvalue weighted by atomic mass is 31.2. The van der Waals surface area contributed by atoms with E-state index >= 15 is 13.2 Å². The van der Waals surface area contributed by atoms with Crippen LogP contribution in [0, 0.1) is 12.7 Å². The van der Waals surface area contributed by atoms with Crippen molar-refractivity contribution >= 4 is 35.4 Å². The van der Waals surface area contributed by atoms with Gasteiger partial charge in [0.25, 0.3) is 0 Å². The lowest BCUT2D eigenvalue weighted by Crippen LogP contribution is -2.43. The normalized spacial score (nSPS) is 16.7. The predicted octanol–water partition coefficient (Wildman–Crippen LogP) is 6.40. The standard InChI is InChI=1S/C30H39F3N5O4P/c1-18(20-10-9-11-22(25(20)31)30(32,33)29(6,7)41-8)35-26-21-16-24(34-17-23(21)36-19(2)37-26)43(40)14-12-38(13-15-43)27(39)42-28(3,4)5/h9-11,16-18H,12-15H2,1-8H3,(H,35,36,37)/t18-/m1/s1. The van der Waals surface area contributed by atoms with Gasteiger partial charge in [-0.3, -0.25) is 4.98 Å². The molecule has 0 bridgehead atoms. The average molecular weight is 622 g/mol. The van der Waals surface area contributed by atoms with Crippen LogP contribution in [0.4, 0.5) is 23.8 Å². The van der Waals surface area contributed by atoms with E-state index in [-0.39, 0.29) is 31.0 Å². The molecule has 13 heteroatoms. The molecule has 2 aromatic heterocycles. The Hall–Kier alpha value is -3.24. The highest BCUT2D eigenvalue weighted by Crippen LogP contribution is 2.47. The third-order valence-corrected chi connectivity index (χ3v) is 10.6. The summed E-state index contributed by atoms with van der Waals surface area (Å²) in [5, 5.41) is 3.66. The van der Waals surface area contributed by atoms with Gasteiger partial charge in [0.05, 0.1) is 23.3 Å². The number of alkyl halides is 2. The van der Waals surface area contributed by atoms with Crippen LogP contribution < -0.4 is 10.8 Å². The van der Waals surface area contributed by atoms with Crippen molar-refractivity contribution in [3.63, 3.8) is 0 Å². The third kappa shape index (κ3) is 6.65. The monoisotopic (exact) mass is 621 g/mol. The number of aromatic nitrogens is 3. The molecule has 1 N–H and O–H groups in total. The van der Waals surface area contributed by atoms with Crippen molar-refractivity contribution in [2.45, 2.75) is 71.6 Å². The van der Waals surface area contributed by atoms with Crippen LogP contribution in [0.1, 0.15) is 64.5 Å². The average Bonchev–Trinajstić information content (AvgIpc) is 2.92. The zero-order valence-electron chi connectivity index (χ0n) is 25.8. The lowest BCUT2D eigenvalue weighted by Gasteiger charge is -2.33. The van der Waals surface area contributed by atoms with Crippen molar-refractivity contribution < 1.29 is 32.0 Å². The van der Waals surface area contributed by atoms with Crippen LogP contribution in [-0.4, -0.2) is 69.7 Å². The zero-order valence-corrected chi connectivity index (χ0v) is 26.7. The topological polar surface area (TPSA) is 107 Å². The summed E-state index contributed by atoms with van der Waals surface area (Å²) < 4.78 is 70.6. The maximum Gasteiger partial charge on any atom is 0.410 e. The molecule has 3 heterocycles. The van der Waals surface area contributed by atoms with Crippen molar-refractivity contribution in [3.05, 3.63) is 53.2 Å². The number of benzene rings is 1. The summed E-state index contributed by atoms with van der Waals surface area (Å²) in [6.45, 7) is 11.6. The molecule has 4 rings (SSSR count). The third-order valence-electron chi connectivity index (χ3n) is 7.66. The van der Waals surface area contributed by atoms with Crippen molar-refractivity contribution in [2.24, 2.45) is 0 Å². The van der Waals surface area contributed by atoms with E-state index in [2.05, 4.69) is 20.3 Å². The van der Waals surface area contributed by atoms with Gasteiger partial charge in [-0.1, -0.05) is 12.1 Å². The van der Waals surface area contributed by atoms with Crippen LogP contribution in [0.15, 0.2) is 30.5 Å². The highest BCUT2D eigenvalue weighted by Gasteiger charge is 2.50. The number of rotatable bonds is 7. The second-order valence-electron chi connectivity index (χ2n) is 12.3. The first kappa shape index (κ1) is 32.7. The molecule has 9 nitrogen and oxygen atoms in total. The van der Waals surface area contributed by atoms with E-state index in [0.717, 1.165) is 13.2 Å². The largest absolute Gasteiger partial charge is 0.444 e. The Morgan fingerprint density at radius 2 is 1.77 bits per heavy atom. The van der Waals surface area contributed by atoms with E-state index in [4.69, 9.17) is 9.47 Å². The molecule has 3 aromatic rings. The molecule has 0 saturated carbocycles. The molecule has 0 radical (unpaired) electrons. The number of methoxy groups -OCH3 is 1. The summed E-state index contributed by atoms with van der Waals surface area (Å²) in [4.78, 5) is 27.4. The minimum atomic E-state index is -3.61. The van der Waals surface area contributed by atoms with Crippen LogP contribution in [0.5, 0.6) is 0 Å². The maximum absolute atomic E-state index is 15.6. The van der Waals surface area contributed by atoms with Crippen molar-refractivity contribution in [2.75, 3.05) is 37.8 Å². The first-order valence-corrected chi connectivity index (χ1v) is 16.2. The Kier molecular flexibility index (Phi) is 8.88. The van der Waals surface area contributed by atoms with Crippen LogP contribution in [0.25, 0.3) is 10.9 Å². The first-order chi connectivity index (χ1) is 19.9. The summed E-state index contributed by atoms with van der Waals surface area (Å²) in [6.07, 6.45) is 1.54. The minimum Gasteiger partial charge on any atom is -0.444 e. The van der Waals surface area contributed by atoms with Gasteiger partial charge in [-0.2, -0.15) is 8.78 Å². The lowest BCUT2D eigenvalue weighted by atomic mass is 9.90. The summed E-state index contributed by atoms with van der Waals surface area (Å²) in [7, 11) is -1.82. The second-order valence-corrected chi connectivity index (χ2v) is 15.5. The molecule has 43 heavy (non-hydrogen) atoms. The number of ether oxygens (including phenoxy) is 2. The van der Waals surface area contributed by atoms with Gasteiger partial charge in [0.15, 0.2) is 0 Å². The Morgan fingerprint density at radius 3 is 2.37 bits per heavy atom. The summed E-state index contributed by atoms with van der Waals surface area (Å²) in [5.41, 5.74) is -2.47. The molecule has 234 valence electrons. The molecule has 1 aliphatic heterocycles. The highest BCUT2D eigenvalue weighted by molar-refractivity contribution is 7.71. The van der Waals surface area contributed by atoms with Crippen molar-refractivity contribution in [3.8, 4) is 0 Å². The Bertz CT molecular complexity index is 1570. The fourth-order valence-corrected chi connectivity index (χ4v) is 7.30. The number of carbonyl (C=O) groups is 1. The number of hydrogen-bond acceptors (Lipinski definition) is 8. The Balaban J connectivity index is 1.63. The number of carbonyl (C=O) groups excluding carboxylic acids is 1. The van der Waals surface area contributed by atoms with E-state index in [1.807, 2.05) is 0 Å². The van der Waals surface area contributed by atoms with Crippen LogP contribution in [0.3, 0.4) is 0 Å². The van der Waals surface area contributed by atoms with E-state index in [1.165, 1.54) is 32.2 Å². The lowest BCUT2D eigenvalue weighted by molar-refractivity contribution is -0.186. The van der Waals surface area contributed by atoms with E-state index < -0.39 is 47.8 Å². The number of hydrogen-bond donors (Lipinski definition) is 1. The molecule has 1 aromatic carbocycles. The van der Waals surface area contributed by atoms with Crippen LogP contribution in [0.2, 0.25) is 0 Å². The quantitative estimate of drug-likeness (QED) is 0.302. The molecule has 1 amide bonds. The van der Waals surface area contributed by atoms with E-state index in [0.29, 0.717) is 28.0 Å². The summed E-state index contributed by atoms with van der Waals surface area (Å²) in [5.74, 6) is -3.91. The Morgan fingerprint density at radius 1 is 1.12 bits per heavy atom. The van der Waals surface area contributed by atoms with E-state index in [1.54, 1.807) is 45.6 Å².